The van der Waals surface area contributed by atoms with Gasteiger partial charge in [0, 0.05) is 38.5 Å². The quantitative estimate of drug-likeness (QED) is 0.192. The van der Waals surface area contributed by atoms with Crippen molar-refractivity contribution in [2.45, 2.75) is 0 Å². The minimum absolute atomic E-state index is 1.01. The predicted octanol–water partition coefficient (Wildman–Crippen LogP) is 11.6. The molecule has 3 nitrogen and oxygen atoms in total. The van der Waals surface area contributed by atoms with Crippen molar-refractivity contribution in [3.63, 3.8) is 0 Å². The first-order valence-corrected chi connectivity index (χ1v) is 15.7. The van der Waals surface area contributed by atoms with Gasteiger partial charge in [-0.2, -0.15) is 0 Å². The molecule has 0 unspecified atom stereocenters. The summed E-state index contributed by atoms with van der Waals surface area (Å²) in [6, 6.07) is 58.9. The average Bonchev–Trinajstić information content (AvgIpc) is 3.46. The fraction of sp³-hybridized carbons (Fsp3) is 0. The summed E-state index contributed by atoms with van der Waals surface area (Å²) in [7, 11) is 0. The molecule has 0 bridgehead atoms. The fourth-order valence-electron chi connectivity index (χ4n) is 7.46. The highest BCUT2D eigenvalue weighted by Gasteiger charge is 2.28. The van der Waals surface area contributed by atoms with Crippen molar-refractivity contribution in [3.8, 4) is 28.1 Å². The molecule has 0 fully saturated rings. The number of rotatable bonds is 3. The lowest BCUT2D eigenvalue weighted by Crippen LogP contribution is -2.15. The van der Waals surface area contributed by atoms with Crippen molar-refractivity contribution in [1.29, 1.82) is 0 Å². The SMILES string of the molecule is c1ccc(-c2ccc3nc4c5c(cccc5c3c2)N(c2ccc3c(c2)c2ccccc2n3-c2ccccc2)c2ccccc2-4)cc1. The number of anilines is 3. The normalized spacial score (nSPS) is 12.3. The third-order valence-corrected chi connectivity index (χ3v) is 9.48. The Hall–Kier alpha value is -6.19. The van der Waals surface area contributed by atoms with Crippen LogP contribution in [0.1, 0.15) is 0 Å². The van der Waals surface area contributed by atoms with E-state index < -0.39 is 0 Å². The van der Waals surface area contributed by atoms with E-state index in [-0.39, 0.29) is 0 Å². The highest BCUT2D eigenvalue weighted by Crippen LogP contribution is 2.52. The number of hydrogen-bond acceptors (Lipinski definition) is 2. The van der Waals surface area contributed by atoms with Gasteiger partial charge in [-0.15, -0.1) is 0 Å². The highest BCUT2D eigenvalue weighted by atomic mass is 15.2. The van der Waals surface area contributed by atoms with Gasteiger partial charge in [-0.3, -0.25) is 0 Å². The van der Waals surface area contributed by atoms with E-state index in [0.29, 0.717) is 0 Å². The zero-order chi connectivity index (χ0) is 30.2. The van der Waals surface area contributed by atoms with E-state index in [1.807, 2.05) is 0 Å². The first kappa shape index (κ1) is 25.2. The molecule has 3 heteroatoms. The van der Waals surface area contributed by atoms with Gasteiger partial charge in [-0.1, -0.05) is 103 Å². The van der Waals surface area contributed by atoms with Crippen molar-refractivity contribution in [3.05, 3.63) is 164 Å². The summed E-state index contributed by atoms with van der Waals surface area (Å²) in [6.07, 6.45) is 0. The van der Waals surface area contributed by atoms with Crippen molar-refractivity contribution in [2.24, 2.45) is 0 Å². The minimum atomic E-state index is 1.01. The molecule has 0 spiro atoms. The van der Waals surface area contributed by atoms with Crippen LogP contribution in [0.25, 0.3) is 71.6 Å². The highest BCUT2D eigenvalue weighted by molar-refractivity contribution is 6.21. The molecular weight excluding hydrogens is 558 g/mol. The van der Waals surface area contributed by atoms with Crippen LogP contribution in [-0.2, 0) is 0 Å². The molecule has 214 valence electrons. The van der Waals surface area contributed by atoms with Crippen LogP contribution in [-0.4, -0.2) is 9.55 Å². The van der Waals surface area contributed by atoms with E-state index in [2.05, 4.69) is 173 Å². The summed E-state index contributed by atoms with van der Waals surface area (Å²) >= 11 is 0. The Morgan fingerprint density at radius 2 is 1.13 bits per heavy atom. The van der Waals surface area contributed by atoms with Crippen LogP contribution in [0.15, 0.2) is 164 Å². The van der Waals surface area contributed by atoms with E-state index in [1.54, 1.807) is 0 Å². The largest absolute Gasteiger partial charge is 0.309 e. The molecule has 0 saturated heterocycles. The lowest BCUT2D eigenvalue weighted by molar-refractivity contribution is 1.18. The van der Waals surface area contributed by atoms with E-state index in [0.717, 1.165) is 39.5 Å². The van der Waals surface area contributed by atoms with Crippen molar-refractivity contribution in [1.82, 2.24) is 9.55 Å². The molecule has 0 atom stereocenters. The Bertz CT molecular complexity index is 2630. The van der Waals surface area contributed by atoms with Gasteiger partial charge in [-0.25, -0.2) is 4.98 Å². The topological polar surface area (TPSA) is 21.1 Å². The first-order valence-electron chi connectivity index (χ1n) is 15.7. The van der Waals surface area contributed by atoms with Gasteiger partial charge in [-0.05, 0) is 77.2 Å². The summed E-state index contributed by atoms with van der Waals surface area (Å²) in [5.74, 6) is 0. The number of benzene rings is 7. The van der Waals surface area contributed by atoms with Crippen molar-refractivity contribution < 1.29 is 0 Å². The molecule has 46 heavy (non-hydrogen) atoms. The molecule has 2 aromatic heterocycles. The van der Waals surface area contributed by atoms with Crippen LogP contribution >= 0.6 is 0 Å². The average molecular weight is 586 g/mol. The van der Waals surface area contributed by atoms with E-state index in [9.17, 15) is 0 Å². The Balaban J connectivity index is 1.25. The number of hydrogen-bond donors (Lipinski definition) is 0. The maximum Gasteiger partial charge on any atom is 0.0830 e. The summed E-state index contributed by atoms with van der Waals surface area (Å²) < 4.78 is 2.37. The Labute approximate surface area is 266 Å². The molecule has 1 aliphatic heterocycles. The monoisotopic (exact) mass is 585 g/mol. The Kier molecular flexibility index (Phi) is 5.28. The van der Waals surface area contributed by atoms with Crippen LogP contribution in [0.5, 0.6) is 0 Å². The van der Waals surface area contributed by atoms with Crippen LogP contribution in [0.2, 0.25) is 0 Å². The van der Waals surface area contributed by atoms with Gasteiger partial charge in [0.2, 0.25) is 0 Å². The third kappa shape index (κ3) is 3.57. The fourth-order valence-corrected chi connectivity index (χ4v) is 7.46. The van der Waals surface area contributed by atoms with E-state index in [4.69, 9.17) is 4.98 Å². The molecule has 0 radical (unpaired) electrons. The molecule has 0 N–H and O–H groups in total. The van der Waals surface area contributed by atoms with Gasteiger partial charge in [0.1, 0.15) is 0 Å². The second kappa shape index (κ2) is 9.65. The number of fused-ring (bicyclic) bond motifs is 7. The van der Waals surface area contributed by atoms with Gasteiger partial charge in [0.15, 0.2) is 0 Å². The molecule has 10 rings (SSSR count). The maximum atomic E-state index is 5.34. The van der Waals surface area contributed by atoms with Crippen LogP contribution < -0.4 is 4.90 Å². The predicted molar refractivity (Wildman–Crippen MR) is 193 cm³/mol. The molecule has 7 aromatic carbocycles. The smallest absolute Gasteiger partial charge is 0.0830 e. The van der Waals surface area contributed by atoms with E-state index in [1.165, 1.54) is 49.1 Å². The van der Waals surface area contributed by atoms with Gasteiger partial charge in [0.05, 0.1) is 33.6 Å². The molecule has 0 saturated carbocycles. The maximum absolute atomic E-state index is 5.34. The van der Waals surface area contributed by atoms with Gasteiger partial charge >= 0.3 is 0 Å². The second-order valence-corrected chi connectivity index (χ2v) is 12.0. The molecule has 0 aliphatic carbocycles. The lowest BCUT2D eigenvalue weighted by atomic mass is 9.92. The van der Waals surface area contributed by atoms with Crippen LogP contribution in [0.4, 0.5) is 17.1 Å². The number of nitrogens with zero attached hydrogens (tertiary/aromatic N) is 3. The van der Waals surface area contributed by atoms with Crippen LogP contribution in [0, 0.1) is 0 Å². The molecular formula is C43H27N3. The summed E-state index contributed by atoms with van der Waals surface area (Å²) in [6.45, 7) is 0. The zero-order valence-corrected chi connectivity index (χ0v) is 24.9. The summed E-state index contributed by atoms with van der Waals surface area (Å²) in [5, 5.41) is 6.05. The summed E-state index contributed by atoms with van der Waals surface area (Å²) in [4.78, 5) is 7.76. The summed E-state index contributed by atoms with van der Waals surface area (Å²) in [5.41, 5.74) is 12.6. The minimum Gasteiger partial charge on any atom is -0.309 e. The first-order chi connectivity index (χ1) is 22.8. The third-order valence-electron chi connectivity index (χ3n) is 9.48. The van der Waals surface area contributed by atoms with Crippen LogP contribution in [0.3, 0.4) is 0 Å². The zero-order valence-electron chi connectivity index (χ0n) is 24.9. The van der Waals surface area contributed by atoms with Gasteiger partial charge < -0.3 is 9.47 Å². The lowest BCUT2D eigenvalue weighted by Gasteiger charge is -2.33. The number of aromatic nitrogens is 2. The van der Waals surface area contributed by atoms with Crippen molar-refractivity contribution in [2.75, 3.05) is 4.90 Å². The number of pyridine rings is 1. The van der Waals surface area contributed by atoms with E-state index >= 15 is 0 Å². The Morgan fingerprint density at radius 3 is 2.02 bits per heavy atom. The van der Waals surface area contributed by atoms with Crippen molar-refractivity contribution >= 4 is 60.5 Å². The second-order valence-electron chi connectivity index (χ2n) is 12.0. The molecule has 1 aliphatic rings. The molecule has 3 heterocycles. The Morgan fingerprint density at radius 1 is 0.413 bits per heavy atom. The number of para-hydroxylation sites is 3. The molecule has 9 aromatic rings. The van der Waals surface area contributed by atoms with Gasteiger partial charge in [0.25, 0.3) is 0 Å². The standard InChI is InChI=1S/C43H27N3/c1-3-12-28(13-4-1)29-22-24-37-35(26-29)33-18-11-21-41-42(33)43(44-37)34-17-8-10-20-39(34)46(41)31-23-25-40-36(27-31)32-16-7-9-19-38(32)45(40)30-14-5-2-6-15-30/h1-27H. The molecule has 0 amide bonds.